The highest BCUT2D eigenvalue weighted by molar-refractivity contribution is 5.44. The van der Waals surface area contributed by atoms with E-state index in [1.807, 2.05) is 0 Å². The fourth-order valence-electron chi connectivity index (χ4n) is 3.84. The molecule has 0 nitrogen and oxygen atoms in total. The van der Waals surface area contributed by atoms with Crippen LogP contribution in [0.15, 0.2) is 97.1 Å². The molecule has 0 aliphatic rings. The molecule has 0 amide bonds. The Balaban J connectivity index is 1.93. The van der Waals surface area contributed by atoms with Crippen molar-refractivity contribution < 1.29 is 17.6 Å². The average Bonchev–Trinajstić information content (AvgIpc) is 2.75. The van der Waals surface area contributed by atoms with Gasteiger partial charge in [0.05, 0.1) is 0 Å². The molecular weight excluding hydrogens is 388 g/mol. The van der Waals surface area contributed by atoms with E-state index in [-0.39, 0.29) is 35.1 Å². The number of rotatable bonds is 5. The summed E-state index contributed by atoms with van der Waals surface area (Å²) in [6, 6.07) is 24.5. The van der Waals surface area contributed by atoms with Gasteiger partial charge in [-0.15, -0.1) is 0 Å². The molecule has 0 N–H and O–H groups in total. The van der Waals surface area contributed by atoms with Crippen molar-refractivity contribution in [1.29, 1.82) is 0 Å². The van der Waals surface area contributed by atoms with Gasteiger partial charge in [-0.05, 0) is 70.8 Å². The predicted molar refractivity (Wildman–Crippen MR) is 109 cm³/mol. The summed E-state index contributed by atoms with van der Waals surface area (Å²) >= 11 is 0. The van der Waals surface area contributed by atoms with E-state index in [0.717, 1.165) is 22.3 Å². The Labute approximate surface area is 172 Å². The summed E-state index contributed by atoms with van der Waals surface area (Å²) in [4.78, 5) is 0. The van der Waals surface area contributed by atoms with Crippen LogP contribution in [-0.2, 0) is 0 Å². The molecule has 150 valence electrons. The molecule has 4 heteroatoms. The summed E-state index contributed by atoms with van der Waals surface area (Å²) in [5.74, 6) is -2.12. The molecule has 0 atom stereocenters. The third-order valence-electron chi connectivity index (χ3n) is 5.25. The highest BCUT2D eigenvalue weighted by Gasteiger charge is 2.28. The van der Waals surface area contributed by atoms with Gasteiger partial charge in [-0.2, -0.15) is 0 Å². The van der Waals surface area contributed by atoms with Gasteiger partial charge in [0.2, 0.25) is 0 Å². The third kappa shape index (κ3) is 4.28. The van der Waals surface area contributed by atoms with Crippen molar-refractivity contribution in [3.8, 4) is 0 Å². The molecule has 0 radical (unpaired) electrons. The first-order valence-electron chi connectivity index (χ1n) is 9.53. The Morgan fingerprint density at radius 1 is 0.300 bits per heavy atom. The molecule has 0 unspecified atom stereocenters. The van der Waals surface area contributed by atoms with Crippen LogP contribution >= 0.6 is 0 Å². The lowest BCUT2D eigenvalue weighted by Gasteiger charge is -2.29. The number of hydrogen-bond donors (Lipinski definition) is 0. The van der Waals surface area contributed by atoms with Gasteiger partial charge in [0.25, 0.3) is 0 Å². The van der Waals surface area contributed by atoms with Crippen LogP contribution in [-0.4, -0.2) is 0 Å². The van der Waals surface area contributed by atoms with Crippen molar-refractivity contribution in [2.24, 2.45) is 0 Å². The molecule has 0 spiro atoms. The maximum Gasteiger partial charge on any atom is 0.123 e. The minimum Gasteiger partial charge on any atom is -0.207 e. The Bertz CT molecular complexity index is 916. The van der Waals surface area contributed by atoms with Gasteiger partial charge in [0.15, 0.2) is 0 Å². The van der Waals surface area contributed by atoms with Crippen LogP contribution in [0.2, 0.25) is 0 Å². The third-order valence-corrected chi connectivity index (χ3v) is 5.25. The Kier molecular flexibility index (Phi) is 5.66. The summed E-state index contributed by atoms with van der Waals surface area (Å²) < 4.78 is 54.4. The zero-order chi connectivity index (χ0) is 21.1. The van der Waals surface area contributed by atoms with E-state index >= 15 is 0 Å². The highest BCUT2D eigenvalue weighted by atomic mass is 19.1. The minimum atomic E-state index is -0.364. The van der Waals surface area contributed by atoms with Gasteiger partial charge in [0, 0.05) is 11.8 Å². The predicted octanol–water partition coefficient (Wildman–Crippen LogP) is 7.21. The van der Waals surface area contributed by atoms with Crippen molar-refractivity contribution in [1.82, 2.24) is 0 Å². The topological polar surface area (TPSA) is 0 Å². The van der Waals surface area contributed by atoms with Gasteiger partial charge in [-0.1, -0.05) is 48.5 Å². The van der Waals surface area contributed by atoms with Crippen LogP contribution in [0.3, 0.4) is 0 Å². The fraction of sp³-hybridized carbons (Fsp3) is 0.0769. The van der Waals surface area contributed by atoms with Crippen LogP contribution in [0.4, 0.5) is 17.6 Å². The van der Waals surface area contributed by atoms with Gasteiger partial charge >= 0.3 is 0 Å². The molecule has 0 aliphatic carbocycles. The second-order valence-corrected chi connectivity index (χ2v) is 7.16. The summed E-state index contributed by atoms with van der Waals surface area (Å²) in [6.07, 6.45) is 0. The van der Waals surface area contributed by atoms with Crippen molar-refractivity contribution in [2.75, 3.05) is 0 Å². The monoisotopic (exact) mass is 406 g/mol. The zero-order valence-electron chi connectivity index (χ0n) is 15.9. The molecule has 30 heavy (non-hydrogen) atoms. The lowest BCUT2D eigenvalue weighted by Crippen LogP contribution is -2.15. The van der Waals surface area contributed by atoms with E-state index in [1.165, 1.54) is 48.5 Å². The van der Waals surface area contributed by atoms with E-state index in [2.05, 4.69) is 0 Å². The Hall–Kier alpha value is -3.40. The SMILES string of the molecule is Fc1ccc(C(c2ccc(F)cc2)C(c2ccc(F)cc2)c2ccc(F)cc2)cc1. The largest absolute Gasteiger partial charge is 0.207 e. The summed E-state index contributed by atoms with van der Waals surface area (Å²) in [7, 11) is 0. The molecule has 0 heterocycles. The highest BCUT2D eigenvalue weighted by Crippen LogP contribution is 2.43. The standard InChI is InChI=1S/C26H18F4/c27-21-9-1-17(2-10-21)25(18-3-11-22(28)12-4-18)26(19-5-13-23(29)14-6-19)20-7-15-24(30)16-8-20/h1-16,25-26H. The van der Waals surface area contributed by atoms with Crippen LogP contribution in [0, 0.1) is 23.3 Å². The summed E-state index contributed by atoms with van der Waals surface area (Å²) in [6.45, 7) is 0. The van der Waals surface area contributed by atoms with Gasteiger partial charge in [-0.3, -0.25) is 0 Å². The molecule has 0 aliphatic heterocycles. The van der Waals surface area contributed by atoms with Crippen molar-refractivity contribution in [3.05, 3.63) is 143 Å². The van der Waals surface area contributed by atoms with Crippen molar-refractivity contribution in [2.45, 2.75) is 11.8 Å². The summed E-state index contributed by atoms with van der Waals surface area (Å²) in [5.41, 5.74) is 3.23. The van der Waals surface area contributed by atoms with Gasteiger partial charge < -0.3 is 0 Å². The lowest BCUT2D eigenvalue weighted by atomic mass is 9.74. The first-order chi connectivity index (χ1) is 14.5. The maximum atomic E-state index is 13.6. The normalized spacial score (nSPS) is 11.3. The summed E-state index contributed by atoms with van der Waals surface area (Å²) in [5, 5.41) is 0. The van der Waals surface area contributed by atoms with E-state index in [9.17, 15) is 17.6 Å². The average molecular weight is 406 g/mol. The van der Waals surface area contributed by atoms with Crippen LogP contribution in [0.1, 0.15) is 34.1 Å². The van der Waals surface area contributed by atoms with E-state index in [1.54, 1.807) is 48.5 Å². The second-order valence-electron chi connectivity index (χ2n) is 7.16. The molecule has 4 rings (SSSR count). The molecule has 4 aromatic carbocycles. The smallest absolute Gasteiger partial charge is 0.123 e. The number of benzene rings is 4. The number of hydrogen-bond acceptors (Lipinski definition) is 0. The molecule has 0 bridgehead atoms. The molecule has 0 saturated heterocycles. The first-order valence-corrected chi connectivity index (χ1v) is 9.53. The molecule has 0 aromatic heterocycles. The Morgan fingerprint density at radius 3 is 0.633 bits per heavy atom. The van der Waals surface area contributed by atoms with Crippen LogP contribution in [0.5, 0.6) is 0 Å². The Morgan fingerprint density at radius 2 is 0.467 bits per heavy atom. The number of halogens is 4. The second kappa shape index (κ2) is 8.54. The molecular formula is C26H18F4. The first kappa shape index (κ1) is 19.9. The zero-order valence-corrected chi connectivity index (χ0v) is 15.9. The van der Waals surface area contributed by atoms with Crippen LogP contribution in [0.25, 0.3) is 0 Å². The molecule has 4 aromatic rings. The molecule has 0 fully saturated rings. The quantitative estimate of drug-likeness (QED) is 0.307. The van der Waals surface area contributed by atoms with Crippen LogP contribution < -0.4 is 0 Å². The van der Waals surface area contributed by atoms with E-state index < -0.39 is 0 Å². The van der Waals surface area contributed by atoms with Gasteiger partial charge in [0.1, 0.15) is 23.3 Å². The maximum absolute atomic E-state index is 13.6. The fourth-order valence-corrected chi connectivity index (χ4v) is 3.84. The van der Waals surface area contributed by atoms with E-state index in [0.29, 0.717) is 0 Å². The van der Waals surface area contributed by atoms with Crippen molar-refractivity contribution in [3.63, 3.8) is 0 Å². The van der Waals surface area contributed by atoms with Gasteiger partial charge in [-0.25, -0.2) is 17.6 Å². The molecule has 0 saturated carbocycles. The van der Waals surface area contributed by atoms with E-state index in [4.69, 9.17) is 0 Å². The lowest BCUT2D eigenvalue weighted by molar-refractivity contribution is 0.614. The van der Waals surface area contributed by atoms with Crippen molar-refractivity contribution >= 4 is 0 Å². The minimum absolute atomic E-state index is 0.331.